The Labute approximate surface area is 149 Å². The van der Waals surface area contributed by atoms with Crippen LogP contribution < -0.4 is 0 Å². The molecule has 0 aromatic heterocycles. The maximum absolute atomic E-state index is 11.8. The average molecular weight is 339 g/mol. The highest BCUT2D eigenvalue weighted by Crippen LogP contribution is 2.11. The number of unbranched alkanes of at least 4 members (excludes halogenated alkanes) is 6. The SMILES string of the molecule is CCCCCC(=O)CCCCC(=O)CCCCC(=O)CCCCC. The van der Waals surface area contributed by atoms with Gasteiger partial charge in [0.15, 0.2) is 0 Å². The second-order valence-corrected chi connectivity index (χ2v) is 6.94. The fourth-order valence-corrected chi connectivity index (χ4v) is 2.81. The average Bonchev–Trinajstić information content (AvgIpc) is 2.56. The minimum atomic E-state index is 0.284. The van der Waals surface area contributed by atoms with Crippen LogP contribution in [0.5, 0.6) is 0 Å². The number of ketones is 3. The van der Waals surface area contributed by atoms with Gasteiger partial charge in [-0.1, -0.05) is 39.5 Å². The Balaban J connectivity index is 3.44. The highest BCUT2D eigenvalue weighted by Gasteiger charge is 2.06. The first-order valence-corrected chi connectivity index (χ1v) is 10.1. The third-order valence-corrected chi connectivity index (χ3v) is 4.44. The zero-order valence-electron chi connectivity index (χ0n) is 16.0. The Morgan fingerprint density at radius 3 is 0.833 bits per heavy atom. The van der Waals surface area contributed by atoms with E-state index in [4.69, 9.17) is 0 Å². The number of rotatable bonds is 18. The van der Waals surface area contributed by atoms with Crippen molar-refractivity contribution in [2.75, 3.05) is 0 Å². The van der Waals surface area contributed by atoms with Gasteiger partial charge in [-0.05, 0) is 38.5 Å². The molecule has 0 aromatic rings. The van der Waals surface area contributed by atoms with Gasteiger partial charge in [0.05, 0.1) is 0 Å². The molecule has 0 fully saturated rings. The molecule has 0 heterocycles. The summed E-state index contributed by atoms with van der Waals surface area (Å²) in [4.78, 5) is 35.0. The van der Waals surface area contributed by atoms with Gasteiger partial charge in [-0.3, -0.25) is 14.4 Å². The summed E-state index contributed by atoms with van der Waals surface area (Å²) in [5.74, 6) is 0.974. The minimum Gasteiger partial charge on any atom is -0.300 e. The number of hydrogen-bond acceptors (Lipinski definition) is 3. The van der Waals surface area contributed by atoms with Crippen molar-refractivity contribution in [1.82, 2.24) is 0 Å². The number of Topliss-reactive ketones (excluding diaryl/α,β-unsaturated/α-hetero) is 3. The Bertz CT molecular complexity index is 315. The summed E-state index contributed by atoms with van der Waals surface area (Å²) < 4.78 is 0. The number of carbonyl (C=O) groups is 3. The van der Waals surface area contributed by atoms with Gasteiger partial charge in [0.1, 0.15) is 17.3 Å². The first kappa shape index (κ1) is 23.0. The lowest BCUT2D eigenvalue weighted by atomic mass is 10.0. The van der Waals surface area contributed by atoms with Gasteiger partial charge >= 0.3 is 0 Å². The van der Waals surface area contributed by atoms with Crippen LogP contribution in [0.1, 0.15) is 117 Å². The molecule has 0 saturated carbocycles. The highest BCUT2D eigenvalue weighted by atomic mass is 16.1. The molecule has 0 saturated heterocycles. The molecule has 140 valence electrons. The van der Waals surface area contributed by atoms with E-state index in [1.165, 1.54) is 0 Å². The fraction of sp³-hybridized carbons (Fsp3) is 0.857. The van der Waals surface area contributed by atoms with Crippen LogP contribution in [0.3, 0.4) is 0 Å². The monoisotopic (exact) mass is 338 g/mol. The van der Waals surface area contributed by atoms with E-state index in [2.05, 4.69) is 13.8 Å². The van der Waals surface area contributed by atoms with Gasteiger partial charge in [0, 0.05) is 38.5 Å². The Morgan fingerprint density at radius 2 is 0.625 bits per heavy atom. The summed E-state index contributed by atoms with van der Waals surface area (Å²) >= 11 is 0. The Morgan fingerprint density at radius 1 is 0.417 bits per heavy atom. The predicted molar refractivity (Wildman–Crippen MR) is 100 cm³/mol. The van der Waals surface area contributed by atoms with Crippen molar-refractivity contribution in [3.05, 3.63) is 0 Å². The molecule has 0 atom stereocenters. The van der Waals surface area contributed by atoms with Crippen LogP contribution in [-0.4, -0.2) is 17.3 Å². The molecular weight excluding hydrogens is 300 g/mol. The largest absolute Gasteiger partial charge is 0.300 e. The van der Waals surface area contributed by atoms with E-state index in [9.17, 15) is 14.4 Å². The molecule has 0 bridgehead atoms. The quantitative estimate of drug-likeness (QED) is 0.289. The molecule has 0 N–H and O–H groups in total. The second kappa shape index (κ2) is 16.9. The molecule has 3 heteroatoms. The van der Waals surface area contributed by atoms with Crippen molar-refractivity contribution >= 4 is 17.3 Å². The van der Waals surface area contributed by atoms with Gasteiger partial charge in [-0.25, -0.2) is 0 Å². The third kappa shape index (κ3) is 15.9. The van der Waals surface area contributed by atoms with Crippen molar-refractivity contribution in [3.8, 4) is 0 Å². The maximum atomic E-state index is 11.8. The highest BCUT2D eigenvalue weighted by molar-refractivity contribution is 5.80. The summed E-state index contributed by atoms with van der Waals surface area (Å²) in [6.07, 6.45) is 13.7. The lowest BCUT2D eigenvalue weighted by Gasteiger charge is -2.03. The molecule has 0 rings (SSSR count). The van der Waals surface area contributed by atoms with E-state index < -0.39 is 0 Å². The normalized spacial score (nSPS) is 10.8. The third-order valence-electron chi connectivity index (χ3n) is 4.44. The lowest BCUT2D eigenvalue weighted by Crippen LogP contribution is -2.02. The first-order valence-electron chi connectivity index (χ1n) is 10.1. The van der Waals surface area contributed by atoms with E-state index >= 15 is 0 Å². The van der Waals surface area contributed by atoms with Crippen LogP contribution >= 0.6 is 0 Å². The standard InChI is InChI=1S/C21H38O3/c1-3-5-7-13-19(22)15-9-11-17-21(24)18-12-10-16-20(23)14-8-6-4-2/h3-18H2,1-2H3. The van der Waals surface area contributed by atoms with Crippen molar-refractivity contribution in [3.63, 3.8) is 0 Å². The smallest absolute Gasteiger partial charge is 0.132 e. The van der Waals surface area contributed by atoms with Crippen molar-refractivity contribution < 1.29 is 14.4 Å². The topological polar surface area (TPSA) is 51.2 Å². The summed E-state index contributed by atoms with van der Waals surface area (Å²) in [5, 5.41) is 0. The molecule has 0 aliphatic heterocycles. The van der Waals surface area contributed by atoms with Crippen LogP contribution in [0.2, 0.25) is 0 Å². The van der Waals surface area contributed by atoms with Gasteiger partial charge in [-0.2, -0.15) is 0 Å². The van der Waals surface area contributed by atoms with E-state index in [1.807, 2.05) is 0 Å². The molecule has 0 spiro atoms. The van der Waals surface area contributed by atoms with Crippen molar-refractivity contribution in [2.24, 2.45) is 0 Å². The first-order chi connectivity index (χ1) is 11.6. The van der Waals surface area contributed by atoms with E-state index in [-0.39, 0.29) is 5.78 Å². The van der Waals surface area contributed by atoms with Gasteiger partial charge in [-0.15, -0.1) is 0 Å². The molecule has 0 unspecified atom stereocenters. The molecule has 0 amide bonds. The van der Waals surface area contributed by atoms with Crippen LogP contribution in [0, 0.1) is 0 Å². The van der Waals surface area contributed by atoms with Crippen molar-refractivity contribution in [1.29, 1.82) is 0 Å². The maximum Gasteiger partial charge on any atom is 0.132 e. The van der Waals surface area contributed by atoms with Gasteiger partial charge in [0.2, 0.25) is 0 Å². The number of hydrogen-bond donors (Lipinski definition) is 0. The molecule has 24 heavy (non-hydrogen) atoms. The van der Waals surface area contributed by atoms with Crippen LogP contribution in [-0.2, 0) is 14.4 Å². The molecule has 0 aromatic carbocycles. The molecule has 0 aliphatic carbocycles. The van der Waals surface area contributed by atoms with Crippen molar-refractivity contribution in [2.45, 2.75) is 117 Å². The van der Waals surface area contributed by atoms with E-state index in [0.29, 0.717) is 50.1 Å². The molecular formula is C21H38O3. The zero-order valence-corrected chi connectivity index (χ0v) is 16.0. The molecule has 3 nitrogen and oxygen atoms in total. The lowest BCUT2D eigenvalue weighted by molar-refractivity contribution is -0.121. The second-order valence-electron chi connectivity index (χ2n) is 6.94. The van der Waals surface area contributed by atoms with Crippen LogP contribution in [0.4, 0.5) is 0 Å². The van der Waals surface area contributed by atoms with Crippen LogP contribution in [0.25, 0.3) is 0 Å². The van der Waals surface area contributed by atoms with Gasteiger partial charge in [0.25, 0.3) is 0 Å². The predicted octanol–water partition coefficient (Wildman–Crippen LogP) is 5.98. The summed E-state index contributed by atoms with van der Waals surface area (Å²) in [6, 6.07) is 0. The molecule has 0 aliphatic rings. The minimum absolute atomic E-state index is 0.284. The Kier molecular flexibility index (Phi) is 16.2. The summed E-state index contributed by atoms with van der Waals surface area (Å²) in [5.41, 5.74) is 0. The fourth-order valence-electron chi connectivity index (χ4n) is 2.81. The molecule has 0 radical (unpaired) electrons. The summed E-state index contributed by atoms with van der Waals surface area (Å²) in [7, 11) is 0. The van der Waals surface area contributed by atoms with E-state index in [0.717, 1.165) is 64.2 Å². The van der Waals surface area contributed by atoms with Crippen LogP contribution in [0.15, 0.2) is 0 Å². The zero-order chi connectivity index (χ0) is 18.0. The van der Waals surface area contributed by atoms with E-state index in [1.54, 1.807) is 0 Å². The summed E-state index contributed by atoms with van der Waals surface area (Å²) in [6.45, 7) is 4.27. The Hall–Kier alpha value is -0.990. The number of carbonyl (C=O) groups excluding carboxylic acids is 3. The van der Waals surface area contributed by atoms with Gasteiger partial charge < -0.3 is 0 Å².